The third-order valence-corrected chi connectivity index (χ3v) is 4.49. The van der Waals surface area contributed by atoms with Crippen molar-refractivity contribution in [2.45, 2.75) is 38.5 Å². The Kier molecular flexibility index (Phi) is 9.64. The fraction of sp³-hybridized carbons (Fsp3) is 0.350. The van der Waals surface area contributed by atoms with Crippen LogP contribution in [0.25, 0.3) is 0 Å². The van der Waals surface area contributed by atoms with E-state index < -0.39 is 17.0 Å². The number of para-hydroxylation sites is 2. The first-order chi connectivity index (χ1) is 12.2. The van der Waals surface area contributed by atoms with E-state index in [1.54, 1.807) is 6.21 Å². The van der Waals surface area contributed by atoms with Crippen LogP contribution in [0.2, 0.25) is 0 Å². The number of phenols is 1. The van der Waals surface area contributed by atoms with Gasteiger partial charge < -0.3 is 5.11 Å². The van der Waals surface area contributed by atoms with E-state index in [-0.39, 0.29) is 0 Å². The molecular weight excluding hydrogens is 389 g/mol. The predicted molar refractivity (Wildman–Crippen MR) is 104 cm³/mol. The van der Waals surface area contributed by atoms with Gasteiger partial charge in [-0.1, -0.05) is 62.4 Å². The van der Waals surface area contributed by atoms with Gasteiger partial charge in [0.15, 0.2) is 0 Å². The molecule has 25 heavy (non-hydrogen) atoms. The first-order valence-electron chi connectivity index (χ1n) is 8.61. The maximum atomic E-state index is 10.5. The van der Waals surface area contributed by atoms with Gasteiger partial charge in [-0.15, -0.1) is 0 Å². The van der Waals surface area contributed by atoms with Crippen molar-refractivity contribution in [2.24, 2.45) is 10.9 Å². The van der Waals surface area contributed by atoms with E-state index in [0.717, 1.165) is 29.2 Å². The van der Waals surface area contributed by atoms with Gasteiger partial charge in [0.1, 0.15) is 5.75 Å². The van der Waals surface area contributed by atoms with E-state index >= 15 is 0 Å². The van der Waals surface area contributed by atoms with Gasteiger partial charge in [0, 0.05) is 11.8 Å². The van der Waals surface area contributed by atoms with E-state index in [1.807, 2.05) is 48.5 Å². The standard InChI is InChI=1S/C20H23NO.2ClH.Ti/c22-20-17(14-16-8-3-1-4-9-16)10-7-11-18(20)15-21-19-12-5-2-6-13-19;;;/h2,5-7,10-13,15-16,22H,1,3-4,8-9,14H2;2*1H;/q;;;+2/p-2. The van der Waals surface area contributed by atoms with Gasteiger partial charge in [0.05, 0.1) is 5.69 Å². The minimum absolute atomic E-state index is 0.396. The zero-order valence-corrected chi connectivity index (χ0v) is 17.2. The molecule has 0 atom stereocenters. The molecule has 0 unspecified atom stereocenters. The second-order valence-corrected chi connectivity index (χ2v) is 8.81. The van der Waals surface area contributed by atoms with Crippen molar-refractivity contribution in [3.8, 4) is 5.75 Å². The molecule has 0 spiro atoms. The molecule has 1 N–H and O–H groups in total. The molecule has 0 aromatic heterocycles. The molecule has 0 saturated heterocycles. The molecule has 0 heterocycles. The SMILES string of the molecule is Oc1c(C=Nc2ccccc2)cccc1CC1CCCCC1.[Cl][Ti][Cl]. The molecule has 5 heteroatoms. The van der Waals surface area contributed by atoms with Gasteiger partial charge in [0.25, 0.3) is 0 Å². The molecule has 132 valence electrons. The number of benzene rings is 2. The van der Waals surface area contributed by atoms with Crippen molar-refractivity contribution in [3.05, 3.63) is 59.7 Å². The van der Waals surface area contributed by atoms with E-state index in [4.69, 9.17) is 18.6 Å². The van der Waals surface area contributed by atoms with Gasteiger partial charge in [-0.25, -0.2) is 0 Å². The number of halogens is 2. The number of rotatable bonds is 4. The molecule has 0 amide bonds. The van der Waals surface area contributed by atoms with Crippen molar-refractivity contribution in [1.82, 2.24) is 0 Å². The summed E-state index contributed by atoms with van der Waals surface area (Å²) >= 11 is -0.556. The average Bonchev–Trinajstić information content (AvgIpc) is 2.65. The van der Waals surface area contributed by atoms with Crippen LogP contribution >= 0.6 is 18.6 Å². The second kappa shape index (κ2) is 11.7. The minimum atomic E-state index is -0.556. The van der Waals surface area contributed by atoms with Crippen molar-refractivity contribution in [3.63, 3.8) is 0 Å². The van der Waals surface area contributed by atoms with Gasteiger partial charge in [-0.05, 0) is 36.1 Å². The fourth-order valence-electron chi connectivity index (χ4n) is 3.24. The van der Waals surface area contributed by atoms with Crippen molar-refractivity contribution in [2.75, 3.05) is 0 Å². The van der Waals surface area contributed by atoms with Crippen LogP contribution in [0.4, 0.5) is 5.69 Å². The summed E-state index contributed by atoms with van der Waals surface area (Å²) in [6, 6.07) is 15.8. The molecule has 0 bridgehead atoms. The Bertz CT molecular complexity index is 658. The second-order valence-electron chi connectivity index (χ2n) is 6.23. The third-order valence-electron chi connectivity index (χ3n) is 4.49. The fourth-order valence-corrected chi connectivity index (χ4v) is 3.24. The Morgan fingerprint density at radius 2 is 1.68 bits per heavy atom. The number of phenolic OH excluding ortho intramolecular Hbond substituents is 1. The van der Waals surface area contributed by atoms with E-state index in [0.29, 0.717) is 5.75 Å². The van der Waals surface area contributed by atoms with Gasteiger partial charge in [-0.3, -0.25) is 4.99 Å². The first kappa shape index (κ1) is 20.5. The molecule has 1 aliphatic carbocycles. The summed E-state index contributed by atoms with van der Waals surface area (Å²) in [6.07, 6.45) is 9.37. The molecule has 0 radical (unpaired) electrons. The van der Waals surface area contributed by atoms with Gasteiger partial charge >= 0.3 is 35.6 Å². The monoisotopic (exact) mass is 411 g/mol. The summed E-state index contributed by atoms with van der Waals surface area (Å²) in [5.41, 5.74) is 2.76. The zero-order chi connectivity index (χ0) is 17.9. The van der Waals surface area contributed by atoms with Crippen LogP contribution in [0.3, 0.4) is 0 Å². The summed E-state index contributed by atoms with van der Waals surface area (Å²) in [5, 5.41) is 10.5. The molecule has 2 nitrogen and oxygen atoms in total. The molecule has 2 aromatic carbocycles. The molecule has 1 saturated carbocycles. The number of hydrogen-bond acceptors (Lipinski definition) is 2. The maximum absolute atomic E-state index is 10.5. The number of hydrogen-bond donors (Lipinski definition) is 1. The van der Waals surface area contributed by atoms with Crippen molar-refractivity contribution < 1.29 is 22.1 Å². The van der Waals surface area contributed by atoms with Crippen LogP contribution in [0.15, 0.2) is 53.5 Å². The van der Waals surface area contributed by atoms with Gasteiger partial charge in [-0.2, -0.15) is 0 Å². The van der Waals surface area contributed by atoms with E-state index in [2.05, 4.69) is 4.99 Å². The average molecular weight is 412 g/mol. The quantitative estimate of drug-likeness (QED) is 0.443. The Morgan fingerprint density at radius 1 is 1.00 bits per heavy atom. The predicted octanol–water partition coefficient (Wildman–Crippen LogP) is 6.64. The van der Waals surface area contributed by atoms with Crippen LogP contribution < -0.4 is 0 Å². The first-order valence-corrected chi connectivity index (χ1v) is 12.9. The molecule has 0 aliphatic heterocycles. The van der Waals surface area contributed by atoms with Crippen LogP contribution in [-0.2, 0) is 23.5 Å². The van der Waals surface area contributed by atoms with Gasteiger partial charge in [0.2, 0.25) is 0 Å². The summed E-state index contributed by atoms with van der Waals surface area (Å²) in [6.45, 7) is 0. The third kappa shape index (κ3) is 7.15. The molecule has 1 fully saturated rings. The van der Waals surface area contributed by atoms with Crippen molar-refractivity contribution >= 4 is 30.5 Å². The number of aliphatic imine (C=N–C) groups is 1. The topological polar surface area (TPSA) is 32.6 Å². The molecule has 3 rings (SSSR count). The number of nitrogens with zero attached hydrogens (tertiary/aromatic N) is 1. The van der Waals surface area contributed by atoms with Crippen molar-refractivity contribution in [1.29, 1.82) is 0 Å². The normalized spacial score (nSPS) is 14.8. The van der Waals surface area contributed by atoms with Crippen LogP contribution in [-0.4, -0.2) is 11.3 Å². The molecule has 1 aliphatic rings. The molecule has 2 aromatic rings. The molecular formula is C20H23Cl2NOTi. The van der Waals surface area contributed by atoms with Crippen LogP contribution in [0.1, 0.15) is 43.2 Å². The summed E-state index contributed by atoms with van der Waals surface area (Å²) in [7, 11) is 9.78. The zero-order valence-electron chi connectivity index (χ0n) is 14.2. The Balaban J connectivity index is 0.000000701. The summed E-state index contributed by atoms with van der Waals surface area (Å²) < 4.78 is 0. The summed E-state index contributed by atoms with van der Waals surface area (Å²) in [4.78, 5) is 4.44. The summed E-state index contributed by atoms with van der Waals surface area (Å²) in [5.74, 6) is 1.12. The van der Waals surface area contributed by atoms with E-state index in [1.165, 1.54) is 32.1 Å². The Labute approximate surface area is 167 Å². The van der Waals surface area contributed by atoms with Crippen LogP contribution in [0.5, 0.6) is 5.75 Å². The van der Waals surface area contributed by atoms with Crippen LogP contribution in [0, 0.1) is 5.92 Å². The van der Waals surface area contributed by atoms with E-state index in [9.17, 15) is 5.11 Å². The Morgan fingerprint density at radius 3 is 2.36 bits per heavy atom. The Hall–Kier alpha value is -0.796. The number of aromatic hydroxyl groups is 1.